The van der Waals surface area contributed by atoms with E-state index in [0.29, 0.717) is 16.4 Å². The van der Waals surface area contributed by atoms with E-state index in [1.165, 1.54) is 0 Å². The molecule has 122 valence electrons. The van der Waals surface area contributed by atoms with E-state index < -0.39 is 0 Å². The lowest BCUT2D eigenvalue weighted by Gasteiger charge is -2.12. The van der Waals surface area contributed by atoms with Crippen molar-refractivity contribution in [3.8, 4) is 0 Å². The monoisotopic (exact) mass is 355 g/mol. The molecular weight excluding hydrogens is 338 g/mol. The second kappa shape index (κ2) is 8.85. The van der Waals surface area contributed by atoms with E-state index in [0.717, 1.165) is 11.1 Å². The highest BCUT2D eigenvalue weighted by Crippen LogP contribution is 2.10. The number of aliphatic imine (C=N–C) groups is 1. The number of thiocarbonyl (C=S) groups is 2. The molecule has 7 heteroatoms. The largest absolute Gasteiger partial charge is 0.392 e. The Labute approximate surface area is 151 Å². The molecule has 5 nitrogen and oxygen atoms in total. The van der Waals surface area contributed by atoms with Crippen LogP contribution in [-0.2, 0) is 0 Å². The van der Waals surface area contributed by atoms with Crippen LogP contribution in [-0.4, -0.2) is 28.1 Å². The first kappa shape index (κ1) is 17.7. The normalized spacial score (nSPS) is 11.8. The second-order valence-electron chi connectivity index (χ2n) is 4.80. The van der Waals surface area contributed by atoms with E-state index in [1.807, 2.05) is 60.7 Å². The summed E-state index contributed by atoms with van der Waals surface area (Å²) >= 11 is 9.80. The highest BCUT2D eigenvalue weighted by atomic mass is 32.1. The molecule has 0 aliphatic carbocycles. The summed E-state index contributed by atoms with van der Waals surface area (Å²) < 4.78 is 0. The van der Waals surface area contributed by atoms with Crippen molar-refractivity contribution in [2.24, 2.45) is 21.6 Å². The summed E-state index contributed by atoms with van der Waals surface area (Å²) in [7, 11) is 0. The van der Waals surface area contributed by atoms with Crippen LogP contribution < -0.4 is 16.9 Å². The van der Waals surface area contributed by atoms with E-state index in [9.17, 15) is 0 Å². The molecule has 0 fully saturated rings. The molecule has 5 N–H and O–H groups in total. The van der Waals surface area contributed by atoms with Crippen molar-refractivity contribution in [3.05, 3.63) is 71.8 Å². The fourth-order valence-corrected chi connectivity index (χ4v) is 2.13. The van der Waals surface area contributed by atoms with Crippen molar-refractivity contribution in [1.29, 1.82) is 0 Å². The second-order valence-corrected chi connectivity index (χ2v) is 5.76. The number of nitrogens with one attached hydrogen (secondary N) is 1. The third-order valence-corrected chi connectivity index (χ3v) is 3.21. The molecule has 0 unspecified atom stereocenters. The molecule has 0 bridgehead atoms. The van der Waals surface area contributed by atoms with Crippen molar-refractivity contribution in [2.75, 3.05) is 6.54 Å². The predicted molar refractivity (Wildman–Crippen MR) is 108 cm³/mol. The summed E-state index contributed by atoms with van der Waals surface area (Å²) in [6.45, 7) is 0.221. The van der Waals surface area contributed by atoms with Crippen molar-refractivity contribution < 1.29 is 0 Å². The highest BCUT2D eigenvalue weighted by molar-refractivity contribution is 7.80. The van der Waals surface area contributed by atoms with Gasteiger partial charge < -0.3 is 11.5 Å². The first-order valence-electron chi connectivity index (χ1n) is 7.15. The number of nitrogens with zero attached hydrogens (tertiary/aromatic N) is 2. The van der Waals surface area contributed by atoms with Gasteiger partial charge >= 0.3 is 0 Å². The Bertz CT molecular complexity index is 703. The standard InChI is InChI=1S/C17H17N5S2/c18-14(23)11-20-15(12-7-3-1-4-8-12)16(21-22-17(19)24)13-9-5-2-6-10-13/h1-10H,11H2,(H2,18,23)(H3,19,22,24)/b20-15?,21-16-. The van der Waals surface area contributed by atoms with Crippen LogP contribution >= 0.6 is 24.4 Å². The Morgan fingerprint density at radius 1 is 0.833 bits per heavy atom. The molecule has 0 radical (unpaired) electrons. The van der Waals surface area contributed by atoms with Gasteiger partial charge in [-0.3, -0.25) is 10.4 Å². The maximum atomic E-state index is 5.61. The lowest BCUT2D eigenvalue weighted by molar-refractivity contribution is 1.04. The first-order valence-corrected chi connectivity index (χ1v) is 7.96. The molecule has 0 saturated carbocycles. The van der Waals surface area contributed by atoms with Crippen LogP contribution in [0.4, 0.5) is 0 Å². The third kappa shape index (κ3) is 5.22. The topological polar surface area (TPSA) is 88.8 Å². The summed E-state index contributed by atoms with van der Waals surface area (Å²) in [5, 5.41) is 4.41. The van der Waals surface area contributed by atoms with Gasteiger partial charge in [0.25, 0.3) is 0 Å². The molecule has 2 rings (SSSR count). The molecule has 2 aromatic carbocycles. The number of nitrogens with two attached hydrogens (primary N) is 2. The van der Waals surface area contributed by atoms with Crippen LogP contribution in [0.1, 0.15) is 11.1 Å². The highest BCUT2D eigenvalue weighted by Gasteiger charge is 2.14. The van der Waals surface area contributed by atoms with Gasteiger partial charge in [0, 0.05) is 11.1 Å². The number of benzene rings is 2. The lowest BCUT2D eigenvalue weighted by Crippen LogP contribution is -2.29. The van der Waals surface area contributed by atoms with Gasteiger partial charge in [-0.05, 0) is 12.2 Å². The number of hydrogen-bond donors (Lipinski definition) is 3. The average Bonchev–Trinajstić information content (AvgIpc) is 2.59. The molecule has 0 aromatic heterocycles. The van der Waals surface area contributed by atoms with E-state index in [4.69, 9.17) is 35.9 Å². The Kier molecular flexibility index (Phi) is 6.53. The molecular formula is C17H17N5S2. The van der Waals surface area contributed by atoms with Crippen molar-refractivity contribution in [1.82, 2.24) is 5.43 Å². The minimum absolute atomic E-state index is 0.0742. The van der Waals surface area contributed by atoms with Gasteiger partial charge in [-0.1, -0.05) is 72.9 Å². The lowest BCUT2D eigenvalue weighted by atomic mass is 10.00. The first-order chi connectivity index (χ1) is 11.6. The Balaban J connectivity index is 2.56. The van der Waals surface area contributed by atoms with Gasteiger partial charge in [0.05, 0.1) is 17.2 Å². The van der Waals surface area contributed by atoms with Crippen molar-refractivity contribution in [3.63, 3.8) is 0 Å². The van der Waals surface area contributed by atoms with Crippen LogP contribution in [0.5, 0.6) is 0 Å². The molecule has 0 heterocycles. The van der Waals surface area contributed by atoms with Gasteiger partial charge in [0.2, 0.25) is 0 Å². The quantitative estimate of drug-likeness (QED) is 0.419. The van der Waals surface area contributed by atoms with Gasteiger partial charge in [-0.2, -0.15) is 5.10 Å². The molecule has 0 spiro atoms. The number of hydrazone groups is 1. The molecule has 0 aliphatic rings. The Hall–Kier alpha value is -2.64. The third-order valence-electron chi connectivity index (χ3n) is 2.99. The van der Waals surface area contributed by atoms with Gasteiger partial charge in [-0.15, -0.1) is 0 Å². The van der Waals surface area contributed by atoms with E-state index >= 15 is 0 Å². The zero-order valence-electron chi connectivity index (χ0n) is 12.8. The summed E-state index contributed by atoms with van der Waals surface area (Å²) in [4.78, 5) is 4.85. The van der Waals surface area contributed by atoms with Gasteiger partial charge in [0.1, 0.15) is 5.71 Å². The molecule has 2 aromatic rings. The zero-order chi connectivity index (χ0) is 17.4. The summed E-state index contributed by atoms with van der Waals surface area (Å²) in [5.41, 5.74) is 16.8. The smallest absolute Gasteiger partial charge is 0.184 e. The van der Waals surface area contributed by atoms with Crippen LogP contribution in [0, 0.1) is 0 Å². The summed E-state index contributed by atoms with van der Waals surface area (Å²) in [6.07, 6.45) is 0. The van der Waals surface area contributed by atoms with Gasteiger partial charge in [0.15, 0.2) is 5.11 Å². The SMILES string of the molecule is NC(=S)CN=C(/C(=N\NC(N)=S)c1ccccc1)c1ccccc1. The summed E-state index contributed by atoms with van der Waals surface area (Å²) in [6, 6.07) is 19.3. The minimum Gasteiger partial charge on any atom is -0.392 e. The van der Waals surface area contributed by atoms with Crippen LogP contribution in [0.3, 0.4) is 0 Å². The summed E-state index contributed by atoms with van der Waals surface area (Å²) in [5.74, 6) is 0. The minimum atomic E-state index is 0.0742. The van der Waals surface area contributed by atoms with Crippen LogP contribution in [0.2, 0.25) is 0 Å². The van der Waals surface area contributed by atoms with Crippen LogP contribution in [0.15, 0.2) is 70.8 Å². The molecule has 0 aliphatic heterocycles. The van der Waals surface area contributed by atoms with E-state index in [-0.39, 0.29) is 11.7 Å². The average molecular weight is 355 g/mol. The number of hydrogen-bond acceptors (Lipinski definition) is 4. The van der Waals surface area contributed by atoms with Gasteiger partial charge in [-0.25, -0.2) is 0 Å². The maximum Gasteiger partial charge on any atom is 0.184 e. The predicted octanol–water partition coefficient (Wildman–Crippen LogP) is 2.00. The van der Waals surface area contributed by atoms with Crippen LogP contribution in [0.25, 0.3) is 0 Å². The van der Waals surface area contributed by atoms with E-state index in [1.54, 1.807) is 0 Å². The Morgan fingerprint density at radius 2 is 1.33 bits per heavy atom. The number of rotatable bonds is 6. The molecule has 0 atom stereocenters. The fraction of sp³-hybridized carbons (Fsp3) is 0.0588. The molecule has 0 amide bonds. The molecule has 24 heavy (non-hydrogen) atoms. The Morgan fingerprint density at radius 3 is 1.79 bits per heavy atom. The molecule has 0 saturated heterocycles. The van der Waals surface area contributed by atoms with E-state index in [2.05, 4.69) is 15.5 Å². The van der Waals surface area contributed by atoms with Crippen molar-refractivity contribution in [2.45, 2.75) is 0 Å². The fourth-order valence-electron chi connectivity index (χ4n) is 2.02. The maximum absolute atomic E-state index is 5.61. The zero-order valence-corrected chi connectivity index (χ0v) is 14.5. The van der Waals surface area contributed by atoms with Crippen molar-refractivity contribution >= 4 is 46.0 Å².